The van der Waals surface area contributed by atoms with Gasteiger partial charge in [-0.1, -0.05) is 15.9 Å². The first-order valence-corrected chi connectivity index (χ1v) is 6.50. The molecule has 6 heteroatoms. The van der Waals surface area contributed by atoms with E-state index in [-0.39, 0.29) is 17.4 Å². The Bertz CT molecular complexity index is 619. The second kappa shape index (κ2) is 5.84. The van der Waals surface area contributed by atoms with E-state index >= 15 is 0 Å². The molecule has 0 aliphatic heterocycles. The molecule has 0 N–H and O–H groups in total. The molecule has 19 heavy (non-hydrogen) atoms. The summed E-state index contributed by atoms with van der Waals surface area (Å²) >= 11 is 8.61. The lowest BCUT2D eigenvalue weighted by atomic mass is 10.2. The summed E-state index contributed by atoms with van der Waals surface area (Å²) in [5, 5.41) is 0. The average Bonchev–Trinajstić information content (AvgIpc) is 2.34. The summed E-state index contributed by atoms with van der Waals surface area (Å²) in [4.78, 5) is 0. The lowest BCUT2D eigenvalue weighted by Gasteiger charge is -2.09. The van der Waals surface area contributed by atoms with Crippen LogP contribution in [-0.4, -0.2) is 0 Å². The molecule has 2 rings (SSSR count). The van der Waals surface area contributed by atoms with Crippen LogP contribution in [-0.2, 0) is 5.88 Å². The Morgan fingerprint density at radius 1 is 1.05 bits per heavy atom. The normalized spacial score (nSPS) is 10.6. The Kier molecular flexibility index (Phi) is 4.37. The van der Waals surface area contributed by atoms with Crippen LogP contribution in [0.5, 0.6) is 11.5 Å². The summed E-state index contributed by atoms with van der Waals surface area (Å²) in [7, 11) is 0. The van der Waals surface area contributed by atoms with Gasteiger partial charge in [0.25, 0.3) is 0 Å². The SMILES string of the molecule is Fc1cc(CCl)cc(Oc2cc(Br)cc(F)c2F)c1. The van der Waals surface area contributed by atoms with Gasteiger partial charge in [-0.2, -0.15) is 4.39 Å². The third-order valence-corrected chi connectivity index (χ3v) is 3.04. The van der Waals surface area contributed by atoms with Crippen molar-refractivity contribution in [2.45, 2.75) is 5.88 Å². The maximum absolute atomic E-state index is 13.5. The number of benzene rings is 2. The quantitative estimate of drug-likeness (QED) is 0.531. The minimum Gasteiger partial charge on any atom is -0.454 e. The number of ether oxygens (including phenoxy) is 1. The predicted octanol–water partition coefficient (Wildman–Crippen LogP) is 5.40. The van der Waals surface area contributed by atoms with Crippen LogP contribution >= 0.6 is 27.5 Å². The van der Waals surface area contributed by atoms with E-state index in [0.717, 1.165) is 12.1 Å². The number of hydrogen-bond donors (Lipinski definition) is 0. The Hall–Kier alpha value is -1.20. The lowest BCUT2D eigenvalue weighted by Crippen LogP contribution is -1.94. The molecule has 0 atom stereocenters. The molecule has 1 nitrogen and oxygen atoms in total. The molecule has 0 bridgehead atoms. The van der Waals surface area contributed by atoms with E-state index in [2.05, 4.69) is 15.9 Å². The molecule has 0 unspecified atom stereocenters. The van der Waals surface area contributed by atoms with Gasteiger partial charge in [0, 0.05) is 16.4 Å². The summed E-state index contributed by atoms with van der Waals surface area (Å²) < 4.78 is 45.4. The van der Waals surface area contributed by atoms with Crippen molar-refractivity contribution in [2.75, 3.05) is 0 Å². The van der Waals surface area contributed by atoms with Crippen LogP contribution in [0.2, 0.25) is 0 Å². The van der Waals surface area contributed by atoms with Crippen molar-refractivity contribution in [2.24, 2.45) is 0 Å². The van der Waals surface area contributed by atoms with Gasteiger partial charge in [-0.15, -0.1) is 11.6 Å². The molecule has 0 saturated heterocycles. The lowest BCUT2D eigenvalue weighted by molar-refractivity contribution is 0.413. The zero-order valence-electron chi connectivity index (χ0n) is 9.39. The zero-order chi connectivity index (χ0) is 14.0. The van der Waals surface area contributed by atoms with Gasteiger partial charge in [0.2, 0.25) is 5.82 Å². The second-order valence-electron chi connectivity index (χ2n) is 3.73. The third kappa shape index (κ3) is 3.42. The zero-order valence-corrected chi connectivity index (χ0v) is 11.7. The van der Waals surface area contributed by atoms with Crippen molar-refractivity contribution in [1.29, 1.82) is 0 Å². The van der Waals surface area contributed by atoms with Crippen LogP contribution in [0, 0.1) is 17.5 Å². The molecule has 0 fully saturated rings. The average molecular weight is 352 g/mol. The number of hydrogen-bond acceptors (Lipinski definition) is 1. The van der Waals surface area contributed by atoms with Crippen LogP contribution in [0.25, 0.3) is 0 Å². The van der Waals surface area contributed by atoms with E-state index in [1.807, 2.05) is 0 Å². The smallest absolute Gasteiger partial charge is 0.201 e. The first kappa shape index (κ1) is 14.2. The number of alkyl halides is 1. The minimum absolute atomic E-state index is 0.0482. The fraction of sp³-hybridized carbons (Fsp3) is 0.0769. The monoisotopic (exact) mass is 350 g/mol. The van der Waals surface area contributed by atoms with Crippen molar-refractivity contribution in [3.63, 3.8) is 0 Å². The van der Waals surface area contributed by atoms with Crippen molar-refractivity contribution in [3.05, 3.63) is 57.8 Å². The van der Waals surface area contributed by atoms with Crippen molar-refractivity contribution in [3.8, 4) is 11.5 Å². The van der Waals surface area contributed by atoms with E-state index in [0.29, 0.717) is 10.0 Å². The Balaban J connectivity index is 2.38. The van der Waals surface area contributed by atoms with Gasteiger partial charge in [0.05, 0.1) is 0 Å². The standard InChI is InChI=1S/C13H7BrClF3O/c14-8-3-11(17)13(18)12(4-8)19-10-2-7(6-15)1-9(16)5-10/h1-5H,6H2. The van der Waals surface area contributed by atoms with Crippen LogP contribution in [0.4, 0.5) is 13.2 Å². The van der Waals surface area contributed by atoms with Crippen LogP contribution in [0.1, 0.15) is 5.56 Å². The van der Waals surface area contributed by atoms with Crippen LogP contribution in [0.15, 0.2) is 34.8 Å². The molecular weight excluding hydrogens is 344 g/mol. The fourth-order valence-electron chi connectivity index (χ4n) is 1.49. The van der Waals surface area contributed by atoms with E-state index in [9.17, 15) is 13.2 Å². The van der Waals surface area contributed by atoms with Crippen LogP contribution in [0.3, 0.4) is 0 Å². The highest BCUT2D eigenvalue weighted by atomic mass is 79.9. The highest BCUT2D eigenvalue weighted by Crippen LogP contribution is 2.30. The van der Waals surface area contributed by atoms with Crippen molar-refractivity contribution >= 4 is 27.5 Å². The van der Waals surface area contributed by atoms with Crippen LogP contribution < -0.4 is 4.74 Å². The molecule has 100 valence electrons. The van der Waals surface area contributed by atoms with E-state index in [1.54, 1.807) is 0 Å². The van der Waals surface area contributed by atoms with Gasteiger partial charge >= 0.3 is 0 Å². The molecule has 0 aliphatic carbocycles. The number of halogens is 5. The first-order valence-electron chi connectivity index (χ1n) is 5.17. The van der Waals surface area contributed by atoms with Gasteiger partial charge in [-0.05, 0) is 29.8 Å². The molecule has 0 aliphatic rings. The molecule has 0 saturated carbocycles. The van der Waals surface area contributed by atoms with Gasteiger partial charge in [-0.25, -0.2) is 8.78 Å². The second-order valence-corrected chi connectivity index (χ2v) is 4.91. The van der Waals surface area contributed by atoms with Crippen molar-refractivity contribution < 1.29 is 17.9 Å². The maximum Gasteiger partial charge on any atom is 0.201 e. The van der Waals surface area contributed by atoms with Crippen molar-refractivity contribution in [1.82, 2.24) is 0 Å². The highest BCUT2D eigenvalue weighted by Gasteiger charge is 2.13. The number of rotatable bonds is 3. The summed E-state index contributed by atoms with van der Waals surface area (Å²) in [6, 6.07) is 5.97. The molecule has 0 aromatic heterocycles. The highest BCUT2D eigenvalue weighted by molar-refractivity contribution is 9.10. The molecule has 0 heterocycles. The molecule has 0 spiro atoms. The van der Waals surface area contributed by atoms with E-state index in [4.69, 9.17) is 16.3 Å². The molecule has 2 aromatic carbocycles. The van der Waals surface area contributed by atoms with E-state index in [1.165, 1.54) is 18.2 Å². The summed E-state index contributed by atoms with van der Waals surface area (Å²) in [6.07, 6.45) is 0. The third-order valence-electron chi connectivity index (χ3n) is 2.27. The Morgan fingerprint density at radius 2 is 1.79 bits per heavy atom. The van der Waals surface area contributed by atoms with Gasteiger partial charge in [-0.3, -0.25) is 0 Å². The first-order chi connectivity index (χ1) is 8.99. The topological polar surface area (TPSA) is 9.23 Å². The molecular formula is C13H7BrClF3O. The Morgan fingerprint density at radius 3 is 2.47 bits per heavy atom. The van der Waals surface area contributed by atoms with Gasteiger partial charge in [0.1, 0.15) is 11.6 Å². The molecule has 0 radical (unpaired) electrons. The summed E-state index contributed by atoms with van der Waals surface area (Å²) in [5.41, 5.74) is 0.479. The van der Waals surface area contributed by atoms with Gasteiger partial charge < -0.3 is 4.74 Å². The largest absolute Gasteiger partial charge is 0.454 e. The summed E-state index contributed by atoms with van der Waals surface area (Å²) in [5.74, 6) is -2.96. The maximum atomic E-state index is 13.5. The molecule has 2 aromatic rings. The van der Waals surface area contributed by atoms with Gasteiger partial charge in [0.15, 0.2) is 11.6 Å². The summed E-state index contributed by atoms with van der Waals surface area (Å²) in [6.45, 7) is 0. The Labute approximate surface area is 121 Å². The predicted molar refractivity (Wildman–Crippen MR) is 70.1 cm³/mol. The fourth-order valence-corrected chi connectivity index (χ4v) is 2.05. The van der Waals surface area contributed by atoms with E-state index < -0.39 is 17.5 Å². The minimum atomic E-state index is -1.14. The molecule has 0 amide bonds.